The summed E-state index contributed by atoms with van der Waals surface area (Å²) in [4.78, 5) is 26.8. The number of aliphatic hydroxyl groups excluding tert-OH is 1. The van der Waals surface area contributed by atoms with Crippen LogP contribution in [0.1, 0.15) is 27.8 Å². The molecule has 2 aromatic rings. The number of carboxylic acid groups (broad SMARTS) is 2. The van der Waals surface area contributed by atoms with Crippen LogP contribution in [0.2, 0.25) is 0 Å². The predicted octanol–water partition coefficient (Wildman–Crippen LogP) is 2.58. The molecule has 0 saturated carbocycles. The number of imidazole rings is 1. The number of aromatic amines is 1. The zero-order valence-electron chi connectivity index (χ0n) is 12.8. The molecule has 4 N–H and O–H groups in total. The first-order valence-electron chi connectivity index (χ1n) is 6.18. The van der Waals surface area contributed by atoms with Gasteiger partial charge in [-0.15, -0.1) is 19.2 Å². The normalized spacial score (nSPS) is 8.00. The number of H-pyrrole nitrogens is 1. The quantitative estimate of drug-likeness (QED) is 0.423. The molecule has 8 heteroatoms. The van der Waals surface area contributed by atoms with Crippen LogP contribution in [0.5, 0.6) is 0 Å². The Kier molecular flexibility index (Phi) is 14.2. The van der Waals surface area contributed by atoms with E-state index in [0.717, 1.165) is 7.11 Å². The highest BCUT2D eigenvalue weighted by Gasteiger charge is 2.03. The monoisotopic (exact) mass is 340 g/mol. The van der Waals surface area contributed by atoms with Crippen molar-refractivity contribution in [1.82, 2.24) is 9.97 Å². The van der Waals surface area contributed by atoms with Gasteiger partial charge in [0.1, 0.15) is 5.69 Å². The molecule has 23 heavy (non-hydrogen) atoms. The maximum absolute atomic E-state index is 10.4. The van der Waals surface area contributed by atoms with Crippen molar-refractivity contribution in [2.75, 3.05) is 7.11 Å². The van der Waals surface area contributed by atoms with Crippen molar-refractivity contribution in [3.63, 3.8) is 0 Å². The molecule has 0 fully saturated rings. The standard InChI is InChI=1S/C7H6O2S.C4H4N2O2.C3H6.CH4O/c8-7(9)5-3-1-2-4-6(5)10;7-4(8)3-1-5-2-6-3;1-3-2;1-2/h1-4,10H,(H,8,9);1-2H,(H,5,6)(H,7,8);3H,1H2,2H3;2H,1H3. The lowest BCUT2D eigenvalue weighted by Gasteiger charge is -1.95. The molecule has 0 aliphatic heterocycles. The van der Waals surface area contributed by atoms with Gasteiger partial charge in [-0.1, -0.05) is 18.2 Å². The van der Waals surface area contributed by atoms with E-state index in [1.807, 2.05) is 6.92 Å². The van der Waals surface area contributed by atoms with Crippen LogP contribution in [0.25, 0.3) is 0 Å². The van der Waals surface area contributed by atoms with E-state index in [9.17, 15) is 9.59 Å². The van der Waals surface area contributed by atoms with Gasteiger partial charge >= 0.3 is 11.9 Å². The van der Waals surface area contributed by atoms with Crippen molar-refractivity contribution in [3.8, 4) is 0 Å². The molecule has 7 nitrogen and oxygen atoms in total. The third-order valence-corrected chi connectivity index (χ3v) is 2.25. The van der Waals surface area contributed by atoms with E-state index in [4.69, 9.17) is 15.3 Å². The summed E-state index contributed by atoms with van der Waals surface area (Å²) in [7, 11) is 1.00. The molecule has 0 spiro atoms. The molecule has 1 heterocycles. The van der Waals surface area contributed by atoms with Crippen LogP contribution >= 0.6 is 12.6 Å². The molecule has 0 atom stereocenters. The number of allylic oxidation sites excluding steroid dienone is 1. The van der Waals surface area contributed by atoms with E-state index >= 15 is 0 Å². The minimum Gasteiger partial charge on any atom is -0.478 e. The first-order chi connectivity index (χ1) is 10.9. The summed E-state index contributed by atoms with van der Waals surface area (Å²) >= 11 is 3.96. The summed E-state index contributed by atoms with van der Waals surface area (Å²) < 4.78 is 0. The number of carboxylic acids is 2. The van der Waals surface area contributed by atoms with Gasteiger partial charge in [-0.2, -0.15) is 0 Å². The van der Waals surface area contributed by atoms with Gasteiger partial charge in [-0.3, -0.25) is 0 Å². The van der Waals surface area contributed by atoms with Crippen LogP contribution in [0.15, 0.2) is 54.3 Å². The highest BCUT2D eigenvalue weighted by Crippen LogP contribution is 2.11. The van der Waals surface area contributed by atoms with E-state index < -0.39 is 11.9 Å². The van der Waals surface area contributed by atoms with Crippen LogP contribution < -0.4 is 0 Å². The molecule has 1 aromatic heterocycles. The number of aliphatic hydroxyl groups is 1. The highest BCUT2D eigenvalue weighted by atomic mass is 32.1. The van der Waals surface area contributed by atoms with Crippen molar-refractivity contribution in [2.24, 2.45) is 0 Å². The lowest BCUT2D eigenvalue weighted by molar-refractivity contribution is 0.0681. The summed E-state index contributed by atoms with van der Waals surface area (Å²) in [6, 6.07) is 6.58. The van der Waals surface area contributed by atoms with E-state index in [1.54, 1.807) is 24.3 Å². The Hall–Kier alpha value is -2.58. The average Bonchev–Trinajstić information content (AvgIpc) is 3.05. The second kappa shape index (κ2) is 14.4. The van der Waals surface area contributed by atoms with Crippen molar-refractivity contribution in [3.05, 3.63) is 60.7 Å². The molecule has 0 amide bonds. The number of nitrogens with zero attached hydrogens (tertiary/aromatic N) is 1. The molecule has 0 aliphatic carbocycles. The van der Waals surface area contributed by atoms with Crippen molar-refractivity contribution >= 4 is 24.6 Å². The van der Waals surface area contributed by atoms with E-state index in [-0.39, 0.29) is 11.3 Å². The number of aromatic nitrogens is 2. The minimum absolute atomic E-state index is 0.116. The summed E-state index contributed by atoms with van der Waals surface area (Å²) in [5.74, 6) is -1.92. The smallest absolute Gasteiger partial charge is 0.353 e. The van der Waals surface area contributed by atoms with E-state index in [2.05, 4.69) is 29.2 Å². The summed E-state index contributed by atoms with van der Waals surface area (Å²) in [6.45, 7) is 5.25. The third kappa shape index (κ3) is 10.7. The number of aromatic carboxylic acids is 2. The number of carbonyl (C=O) groups is 2. The number of nitrogens with one attached hydrogen (secondary N) is 1. The highest BCUT2D eigenvalue weighted by molar-refractivity contribution is 7.80. The molecule has 0 unspecified atom stereocenters. The van der Waals surface area contributed by atoms with Crippen molar-refractivity contribution in [1.29, 1.82) is 0 Å². The second-order valence-corrected chi connectivity index (χ2v) is 3.98. The summed E-state index contributed by atoms with van der Waals surface area (Å²) in [5, 5.41) is 23.7. The SMILES string of the molecule is C=CC.CO.O=C(O)c1ccccc1S.O=C(O)c1cnc[nH]1. The Morgan fingerprint density at radius 1 is 1.22 bits per heavy atom. The van der Waals surface area contributed by atoms with Gasteiger partial charge in [0.2, 0.25) is 0 Å². The Morgan fingerprint density at radius 3 is 2.00 bits per heavy atom. The van der Waals surface area contributed by atoms with Gasteiger partial charge in [0.25, 0.3) is 0 Å². The van der Waals surface area contributed by atoms with Crippen LogP contribution in [0.3, 0.4) is 0 Å². The number of hydrogen-bond donors (Lipinski definition) is 5. The third-order valence-electron chi connectivity index (χ3n) is 1.86. The maximum Gasteiger partial charge on any atom is 0.353 e. The van der Waals surface area contributed by atoms with Crippen LogP contribution in [-0.4, -0.2) is 44.3 Å². The van der Waals surface area contributed by atoms with E-state index in [0.29, 0.717) is 4.90 Å². The van der Waals surface area contributed by atoms with Crippen molar-refractivity contribution in [2.45, 2.75) is 11.8 Å². The van der Waals surface area contributed by atoms with Gasteiger partial charge in [-0.05, 0) is 19.1 Å². The van der Waals surface area contributed by atoms with Gasteiger partial charge in [0.05, 0.1) is 18.1 Å². The van der Waals surface area contributed by atoms with Gasteiger partial charge in [0, 0.05) is 12.0 Å². The predicted molar refractivity (Wildman–Crippen MR) is 90.2 cm³/mol. The van der Waals surface area contributed by atoms with Crippen LogP contribution in [-0.2, 0) is 0 Å². The zero-order valence-corrected chi connectivity index (χ0v) is 13.7. The lowest BCUT2D eigenvalue weighted by atomic mass is 10.2. The Bertz CT molecular complexity index is 585. The molecule has 126 valence electrons. The Balaban J connectivity index is 0. The zero-order chi connectivity index (χ0) is 18.3. The number of hydrogen-bond acceptors (Lipinski definition) is 5. The van der Waals surface area contributed by atoms with Gasteiger partial charge in [-0.25, -0.2) is 14.6 Å². The average molecular weight is 340 g/mol. The summed E-state index contributed by atoms with van der Waals surface area (Å²) in [5.41, 5.74) is 0.357. The number of benzene rings is 1. The first kappa shape index (κ1) is 22.7. The lowest BCUT2D eigenvalue weighted by Crippen LogP contribution is -1.96. The summed E-state index contributed by atoms with van der Waals surface area (Å²) in [6.07, 6.45) is 4.33. The Morgan fingerprint density at radius 2 is 1.74 bits per heavy atom. The van der Waals surface area contributed by atoms with Crippen LogP contribution in [0, 0.1) is 0 Å². The number of thiol groups is 1. The molecule has 2 rings (SSSR count). The molecule has 0 saturated heterocycles. The minimum atomic E-state index is -0.984. The first-order valence-corrected chi connectivity index (χ1v) is 6.63. The molecule has 1 aromatic carbocycles. The largest absolute Gasteiger partial charge is 0.478 e. The van der Waals surface area contributed by atoms with Gasteiger partial charge < -0.3 is 20.3 Å². The molecule has 0 radical (unpaired) electrons. The fourth-order valence-electron chi connectivity index (χ4n) is 1.03. The number of rotatable bonds is 2. The molecule has 0 aliphatic rings. The van der Waals surface area contributed by atoms with Crippen LogP contribution in [0.4, 0.5) is 0 Å². The fraction of sp³-hybridized carbons (Fsp3) is 0.133. The Labute approximate surface area is 139 Å². The molecular weight excluding hydrogens is 320 g/mol. The van der Waals surface area contributed by atoms with Gasteiger partial charge in [0.15, 0.2) is 0 Å². The molecular formula is C15H20N2O5S. The maximum atomic E-state index is 10.4. The molecule has 0 bridgehead atoms. The van der Waals surface area contributed by atoms with E-state index in [1.165, 1.54) is 18.6 Å². The topological polar surface area (TPSA) is 124 Å². The van der Waals surface area contributed by atoms with Crippen molar-refractivity contribution < 1.29 is 24.9 Å². The second-order valence-electron chi connectivity index (χ2n) is 3.50. The fourth-order valence-corrected chi connectivity index (χ4v) is 1.28.